The number of hydrogen-bond donors (Lipinski definition) is 2. The van der Waals surface area contributed by atoms with Gasteiger partial charge in [-0.3, -0.25) is 4.99 Å². The number of halogens is 2. The van der Waals surface area contributed by atoms with E-state index in [1.54, 1.807) is 19.2 Å². The van der Waals surface area contributed by atoms with Crippen molar-refractivity contribution in [3.05, 3.63) is 71.0 Å². The number of nitrogens with zero attached hydrogens (tertiary/aromatic N) is 1. The lowest BCUT2D eigenvalue weighted by Crippen LogP contribution is -2.36. The number of ether oxygens (including phenoxy) is 2. The van der Waals surface area contributed by atoms with Crippen molar-refractivity contribution >= 4 is 29.9 Å². The zero-order valence-corrected chi connectivity index (χ0v) is 19.0. The fraction of sp³-hybridized carbons (Fsp3) is 0.409. The topological polar surface area (TPSA) is 54.9 Å². The summed E-state index contributed by atoms with van der Waals surface area (Å²) < 4.78 is 24.3. The third-order valence-electron chi connectivity index (χ3n) is 4.73. The average molecular weight is 513 g/mol. The fourth-order valence-electron chi connectivity index (χ4n) is 3.00. The van der Waals surface area contributed by atoms with E-state index in [4.69, 9.17) is 9.47 Å². The molecular weight excluding hydrogens is 484 g/mol. The molecule has 0 amide bonds. The van der Waals surface area contributed by atoms with E-state index in [0.29, 0.717) is 31.8 Å². The maximum Gasteiger partial charge on any atom is 0.191 e. The second-order valence-electron chi connectivity index (χ2n) is 6.85. The molecule has 3 rings (SSSR count). The Morgan fingerprint density at radius 2 is 1.48 bits per heavy atom. The van der Waals surface area contributed by atoms with E-state index < -0.39 is 0 Å². The molecule has 2 aromatic carbocycles. The smallest absolute Gasteiger partial charge is 0.191 e. The minimum Gasteiger partial charge on any atom is -0.381 e. The van der Waals surface area contributed by atoms with E-state index in [1.165, 1.54) is 23.3 Å². The molecule has 1 aliphatic rings. The minimum atomic E-state index is -0.229. The van der Waals surface area contributed by atoms with E-state index in [0.717, 1.165) is 31.6 Å². The van der Waals surface area contributed by atoms with Crippen molar-refractivity contribution in [2.75, 3.05) is 20.3 Å². The summed E-state index contributed by atoms with van der Waals surface area (Å²) in [5.74, 6) is 0.476. The molecule has 7 heteroatoms. The van der Waals surface area contributed by atoms with Crippen LogP contribution in [-0.4, -0.2) is 32.3 Å². The van der Waals surface area contributed by atoms with Gasteiger partial charge in [0.05, 0.1) is 12.7 Å². The second kappa shape index (κ2) is 12.8. The van der Waals surface area contributed by atoms with Crippen molar-refractivity contribution in [3.8, 4) is 0 Å². The SMILES string of the molecule is CN=C(NCc1ccc(F)cc1)NCc1ccc(COC2CCOCC2)cc1.I. The molecule has 29 heavy (non-hydrogen) atoms. The lowest BCUT2D eigenvalue weighted by atomic mass is 10.1. The Balaban J connectivity index is 0.00000300. The molecular formula is C22H29FIN3O2. The second-order valence-corrected chi connectivity index (χ2v) is 6.85. The van der Waals surface area contributed by atoms with Gasteiger partial charge in [-0.2, -0.15) is 0 Å². The number of benzene rings is 2. The molecule has 0 atom stereocenters. The van der Waals surface area contributed by atoms with Crippen molar-refractivity contribution in [1.29, 1.82) is 0 Å². The van der Waals surface area contributed by atoms with Crippen LogP contribution in [0.4, 0.5) is 4.39 Å². The normalized spacial score (nSPS) is 14.9. The number of guanidine groups is 1. The van der Waals surface area contributed by atoms with Crippen LogP contribution in [0.1, 0.15) is 29.5 Å². The minimum absolute atomic E-state index is 0. The largest absolute Gasteiger partial charge is 0.381 e. The Bertz CT molecular complexity index is 748. The Labute approximate surface area is 189 Å². The molecule has 158 valence electrons. The summed E-state index contributed by atoms with van der Waals surface area (Å²) in [6, 6.07) is 14.8. The average Bonchev–Trinajstić information content (AvgIpc) is 2.75. The van der Waals surface area contributed by atoms with Gasteiger partial charge >= 0.3 is 0 Å². The van der Waals surface area contributed by atoms with Crippen LogP contribution < -0.4 is 10.6 Å². The molecule has 2 aromatic rings. The quantitative estimate of drug-likeness (QED) is 0.334. The van der Waals surface area contributed by atoms with Crippen LogP contribution in [0.5, 0.6) is 0 Å². The molecule has 1 heterocycles. The van der Waals surface area contributed by atoms with Gasteiger partial charge in [-0.05, 0) is 41.7 Å². The molecule has 0 aliphatic carbocycles. The van der Waals surface area contributed by atoms with E-state index in [1.807, 2.05) is 0 Å². The molecule has 1 saturated heterocycles. The van der Waals surface area contributed by atoms with Gasteiger partial charge in [-0.1, -0.05) is 36.4 Å². The van der Waals surface area contributed by atoms with Gasteiger partial charge in [0.2, 0.25) is 0 Å². The number of hydrogen-bond acceptors (Lipinski definition) is 3. The molecule has 5 nitrogen and oxygen atoms in total. The Kier molecular flexibility index (Phi) is 10.4. The highest BCUT2D eigenvalue weighted by Gasteiger charge is 2.13. The van der Waals surface area contributed by atoms with Gasteiger partial charge in [0.15, 0.2) is 5.96 Å². The number of aliphatic imine (C=N–C) groups is 1. The van der Waals surface area contributed by atoms with Gasteiger partial charge in [0, 0.05) is 33.4 Å². The summed E-state index contributed by atoms with van der Waals surface area (Å²) in [7, 11) is 1.73. The van der Waals surface area contributed by atoms with Gasteiger partial charge in [0.1, 0.15) is 5.82 Å². The molecule has 0 bridgehead atoms. The van der Waals surface area contributed by atoms with Crippen molar-refractivity contribution in [2.24, 2.45) is 4.99 Å². The van der Waals surface area contributed by atoms with Gasteiger partial charge in [-0.25, -0.2) is 4.39 Å². The Morgan fingerprint density at radius 3 is 2.03 bits per heavy atom. The zero-order chi connectivity index (χ0) is 19.6. The van der Waals surface area contributed by atoms with Crippen LogP contribution in [0, 0.1) is 5.82 Å². The van der Waals surface area contributed by atoms with Crippen LogP contribution in [0.3, 0.4) is 0 Å². The Hall–Kier alpha value is -1.71. The van der Waals surface area contributed by atoms with Crippen molar-refractivity contribution in [2.45, 2.75) is 38.6 Å². The van der Waals surface area contributed by atoms with Crippen LogP contribution in [0.2, 0.25) is 0 Å². The molecule has 0 spiro atoms. The summed E-state index contributed by atoms with van der Waals surface area (Å²) in [6.45, 7) is 3.49. The fourth-order valence-corrected chi connectivity index (χ4v) is 3.00. The summed E-state index contributed by atoms with van der Waals surface area (Å²) in [5.41, 5.74) is 3.34. The molecule has 1 fully saturated rings. The highest BCUT2D eigenvalue weighted by atomic mass is 127. The summed E-state index contributed by atoms with van der Waals surface area (Å²) >= 11 is 0. The maximum absolute atomic E-state index is 13.0. The maximum atomic E-state index is 13.0. The standard InChI is InChI=1S/C22H28FN3O2.HI/c1-24-22(26-15-18-6-8-20(23)9-7-18)25-14-17-2-4-19(5-3-17)16-28-21-10-12-27-13-11-21;/h2-9,21H,10-16H2,1H3,(H2,24,25,26);1H. The summed E-state index contributed by atoms with van der Waals surface area (Å²) in [5, 5.41) is 6.52. The highest BCUT2D eigenvalue weighted by Crippen LogP contribution is 2.14. The van der Waals surface area contributed by atoms with E-state index in [2.05, 4.69) is 39.9 Å². The lowest BCUT2D eigenvalue weighted by molar-refractivity contribution is -0.0390. The van der Waals surface area contributed by atoms with Crippen LogP contribution in [0.15, 0.2) is 53.5 Å². The number of nitrogens with one attached hydrogen (secondary N) is 2. The predicted octanol–water partition coefficient (Wildman–Crippen LogP) is 4.00. The molecule has 0 aromatic heterocycles. The third kappa shape index (κ3) is 8.28. The first kappa shape index (κ1) is 23.6. The van der Waals surface area contributed by atoms with Crippen molar-refractivity contribution < 1.29 is 13.9 Å². The first-order chi connectivity index (χ1) is 13.7. The van der Waals surface area contributed by atoms with Crippen molar-refractivity contribution in [3.63, 3.8) is 0 Å². The van der Waals surface area contributed by atoms with Gasteiger partial charge in [0.25, 0.3) is 0 Å². The number of rotatable bonds is 7. The summed E-state index contributed by atoms with van der Waals surface area (Å²) in [4.78, 5) is 4.22. The van der Waals surface area contributed by atoms with Crippen LogP contribution in [0.25, 0.3) is 0 Å². The van der Waals surface area contributed by atoms with Crippen LogP contribution in [-0.2, 0) is 29.2 Å². The molecule has 0 saturated carbocycles. The van der Waals surface area contributed by atoms with Crippen LogP contribution >= 0.6 is 24.0 Å². The first-order valence-corrected chi connectivity index (χ1v) is 9.69. The monoisotopic (exact) mass is 513 g/mol. The molecule has 1 aliphatic heterocycles. The van der Waals surface area contributed by atoms with Gasteiger partial charge < -0.3 is 20.1 Å². The third-order valence-corrected chi connectivity index (χ3v) is 4.73. The van der Waals surface area contributed by atoms with Crippen molar-refractivity contribution in [1.82, 2.24) is 10.6 Å². The Morgan fingerprint density at radius 1 is 0.966 bits per heavy atom. The van der Waals surface area contributed by atoms with E-state index >= 15 is 0 Å². The highest BCUT2D eigenvalue weighted by molar-refractivity contribution is 14.0. The molecule has 2 N–H and O–H groups in total. The van der Waals surface area contributed by atoms with Gasteiger partial charge in [-0.15, -0.1) is 24.0 Å². The molecule has 0 unspecified atom stereocenters. The summed E-state index contributed by atoms with van der Waals surface area (Å²) in [6.07, 6.45) is 2.27. The first-order valence-electron chi connectivity index (χ1n) is 9.69. The molecule has 0 radical (unpaired) electrons. The van der Waals surface area contributed by atoms with E-state index in [9.17, 15) is 4.39 Å². The van der Waals surface area contributed by atoms with E-state index in [-0.39, 0.29) is 29.8 Å². The predicted molar refractivity (Wildman–Crippen MR) is 124 cm³/mol. The zero-order valence-electron chi connectivity index (χ0n) is 16.7. The lowest BCUT2D eigenvalue weighted by Gasteiger charge is -2.22.